The molecular weight excluding hydrogens is 276 g/mol. The molecular formula is C13H22N4O4. The van der Waals surface area contributed by atoms with E-state index in [4.69, 9.17) is 5.11 Å². The fourth-order valence-corrected chi connectivity index (χ4v) is 2.35. The van der Waals surface area contributed by atoms with Gasteiger partial charge in [0.25, 0.3) is 0 Å². The van der Waals surface area contributed by atoms with Gasteiger partial charge in [-0.15, -0.1) is 0 Å². The van der Waals surface area contributed by atoms with Gasteiger partial charge in [0.2, 0.25) is 5.91 Å². The molecule has 1 saturated carbocycles. The van der Waals surface area contributed by atoms with Crippen molar-refractivity contribution in [3.63, 3.8) is 0 Å². The Morgan fingerprint density at radius 2 is 1.62 bits per heavy atom. The number of nitrogens with one attached hydrogen (secondary N) is 2. The number of rotatable bonds is 5. The Labute approximate surface area is 123 Å². The van der Waals surface area contributed by atoms with Crippen LogP contribution in [0.25, 0.3) is 0 Å². The first-order chi connectivity index (χ1) is 10.0. The van der Waals surface area contributed by atoms with E-state index >= 15 is 0 Å². The van der Waals surface area contributed by atoms with Crippen LogP contribution in [0.3, 0.4) is 0 Å². The number of hydrogen-bond acceptors (Lipinski definition) is 5. The molecule has 0 bridgehead atoms. The molecule has 0 atom stereocenters. The quantitative estimate of drug-likeness (QED) is 0.606. The number of carbonyl (C=O) groups is 3. The van der Waals surface area contributed by atoms with E-state index in [9.17, 15) is 14.4 Å². The third-order valence-corrected chi connectivity index (χ3v) is 3.57. The first kappa shape index (κ1) is 15.7. The lowest BCUT2D eigenvalue weighted by molar-refractivity contribution is -0.138. The fraction of sp³-hybridized carbons (Fsp3) is 0.769. The molecule has 8 heteroatoms. The molecule has 21 heavy (non-hydrogen) atoms. The van der Waals surface area contributed by atoms with Crippen molar-refractivity contribution in [2.45, 2.75) is 25.3 Å². The van der Waals surface area contributed by atoms with Gasteiger partial charge in [-0.25, -0.2) is 4.79 Å². The maximum atomic E-state index is 11.8. The minimum atomic E-state index is -0.835. The van der Waals surface area contributed by atoms with Gasteiger partial charge in [0.1, 0.15) is 0 Å². The van der Waals surface area contributed by atoms with E-state index in [1.807, 2.05) is 9.80 Å². The van der Waals surface area contributed by atoms with Crippen molar-refractivity contribution >= 4 is 17.9 Å². The van der Waals surface area contributed by atoms with Crippen LogP contribution in [-0.2, 0) is 9.59 Å². The summed E-state index contributed by atoms with van der Waals surface area (Å²) in [5, 5.41) is 13.8. The summed E-state index contributed by atoms with van der Waals surface area (Å²) in [5.74, 6) is -1.15. The SMILES string of the molecule is O=C(O)CN1CCCN(CC(=O)NC(=O)NC2CC2)CC1. The van der Waals surface area contributed by atoms with Crippen molar-refractivity contribution < 1.29 is 19.5 Å². The predicted molar refractivity (Wildman–Crippen MR) is 74.8 cm³/mol. The molecule has 0 unspecified atom stereocenters. The highest BCUT2D eigenvalue weighted by Gasteiger charge is 2.24. The minimum Gasteiger partial charge on any atom is -0.480 e. The van der Waals surface area contributed by atoms with Gasteiger partial charge in [-0.1, -0.05) is 0 Å². The Morgan fingerprint density at radius 1 is 1.00 bits per heavy atom. The number of carboxylic acids is 1. The second-order valence-corrected chi connectivity index (χ2v) is 5.60. The standard InChI is InChI=1S/C13H22N4O4/c18-11(15-13(21)14-10-2-3-10)8-16-4-1-5-17(7-6-16)9-12(19)20/h10H,1-9H2,(H,19,20)(H2,14,15,18,21). The monoisotopic (exact) mass is 298 g/mol. The van der Waals surface area contributed by atoms with Gasteiger partial charge in [-0.2, -0.15) is 0 Å². The van der Waals surface area contributed by atoms with Gasteiger partial charge in [0, 0.05) is 25.7 Å². The highest BCUT2D eigenvalue weighted by molar-refractivity contribution is 5.95. The number of amides is 3. The zero-order valence-electron chi connectivity index (χ0n) is 12.0. The van der Waals surface area contributed by atoms with Gasteiger partial charge in [0.05, 0.1) is 13.1 Å². The summed E-state index contributed by atoms with van der Waals surface area (Å²) in [6, 6.07) is -0.203. The van der Waals surface area contributed by atoms with Gasteiger partial charge in [-0.05, 0) is 25.8 Å². The first-order valence-electron chi connectivity index (χ1n) is 7.30. The van der Waals surface area contributed by atoms with E-state index in [1.165, 1.54) is 0 Å². The second kappa shape index (κ2) is 7.37. The number of aliphatic carboxylic acids is 1. The van der Waals surface area contributed by atoms with Crippen LogP contribution in [0.4, 0.5) is 4.79 Å². The van der Waals surface area contributed by atoms with Crippen LogP contribution < -0.4 is 10.6 Å². The van der Waals surface area contributed by atoms with Crippen molar-refractivity contribution in [3.05, 3.63) is 0 Å². The molecule has 0 spiro atoms. The van der Waals surface area contributed by atoms with Crippen molar-refractivity contribution in [1.82, 2.24) is 20.4 Å². The molecule has 0 radical (unpaired) electrons. The number of imide groups is 1. The summed E-state index contributed by atoms with van der Waals surface area (Å²) in [6.07, 6.45) is 2.77. The normalized spacial score (nSPS) is 20.6. The lowest BCUT2D eigenvalue weighted by Crippen LogP contribution is -2.45. The van der Waals surface area contributed by atoms with E-state index in [1.54, 1.807) is 0 Å². The molecule has 1 heterocycles. The molecule has 2 aliphatic rings. The summed E-state index contributed by atoms with van der Waals surface area (Å²) in [4.78, 5) is 37.7. The van der Waals surface area contributed by atoms with Gasteiger partial charge >= 0.3 is 12.0 Å². The van der Waals surface area contributed by atoms with Crippen LogP contribution in [0.15, 0.2) is 0 Å². The molecule has 2 fully saturated rings. The molecule has 8 nitrogen and oxygen atoms in total. The number of carboxylic acid groups (broad SMARTS) is 1. The lowest BCUT2D eigenvalue weighted by Gasteiger charge is -2.20. The van der Waals surface area contributed by atoms with E-state index in [2.05, 4.69) is 10.6 Å². The van der Waals surface area contributed by atoms with Crippen molar-refractivity contribution in [3.8, 4) is 0 Å². The second-order valence-electron chi connectivity index (χ2n) is 5.60. The third-order valence-electron chi connectivity index (χ3n) is 3.57. The first-order valence-corrected chi connectivity index (χ1v) is 7.30. The number of hydrogen-bond donors (Lipinski definition) is 3. The summed E-state index contributed by atoms with van der Waals surface area (Å²) in [7, 11) is 0. The maximum absolute atomic E-state index is 11.8. The topological polar surface area (TPSA) is 102 Å². The summed E-state index contributed by atoms with van der Waals surface area (Å²) in [5.41, 5.74) is 0. The highest BCUT2D eigenvalue weighted by atomic mass is 16.4. The summed E-state index contributed by atoms with van der Waals surface area (Å²) >= 11 is 0. The van der Waals surface area contributed by atoms with Crippen LogP contribution >= 0.6 is 0 Å². The van der Waals surface area contributed by atoms with Gasteiger partial charge < -0.3 is 10.4 Å². The average Bonchev–Trinajstić information content (AvgIpc) is 3.18. The van der Waals surface area contributed by atoms with Crippen LogP contribution in [0.1, 0.15) is 19.3 Å². The molecule has 0 aromatic carbocycles. The van der Waals surface area contributed by atoms with Crippen LogP contribution in [-0.4, -0.2) is 78.1 Å². The van der Waals surface area contributed by atoms with Gasteiger partial charge in [0.15, 0.2) is 0 Å². The molecule has 118 valence electrons. The van der Waals surface area contributed by atoms with E-state index in [0.717, 1.165) is 25.8 Å². The van der Waals surface area contributed by atoms with E-state index < -0.39 is 12.0 Å². The molecule has 2 rings (SSSR count). The Hall–Kier alpha value is -1.67. The predicted octanol–water partition coefficient (Wildman–Crippen LogP) is -0.933. The van der Waals surface area contributed by atoms with Crippen LogP contribution in [0, 0.1) is 0 Å². The highest BCUT2D eigenvalue weighted by Crippen LogP contribution is 2.18. The Morgan fingerprint density at radius 3 is 2.19 bits per heavy atom. The Balaban J connectivity index is 1.68. The Bertz CT molecular complexity index is 411. The smallest absolute Gasteiger partial charge is 0.321 e. The Kier molecular flexibility index (Phi) is 5.51. The molecule has 0 aromatic heterocycles. The zero-order chi connectivity index (χ0) is 15.2. The maximum Gasteiger partial charge on any atom is 0.321 e. The summed E-state index contributed by atoms with van der Waals surface area (Å²) in [6.45, 7) is 2.89. The van der Waals surface area contributed by atoms with E-state index in [0.29, 0.717) is 19.6 Å². The van der Waals surface area contributed by atoms with Crippen molar-refractivity contribution in [1.29, 1.82) is 0 Å². The van der Waals surface area contributed by atoms with Crippen molar-refractivity contribution in [2.24, 2.45) is 0 Å². The zero-order valence-corrected chi connectivity index (χ0v) is 12.0. The minimum absolute atomic E-state index is 0.0316. The molecule has 1 aliphatic carbocycles. The van der Waals surface area contributed by atoms with Crippen LogP contribution in [0.5, 0.6) is 0 Å². The summed E-state index contributed by atoms with van der Waals surface area (Å²) < 4.78 is 0. The molecule has 1 aliphatic heterocycles. The van der Waals surface area contributed by atoms with Gasteiger partial charge in [-0.3, -0.25) is 24.7 Å². The fourth-order valence-electron chi connectivity index (χ4n) is 2.35. The molecule has 0 aromatic rings. The average molecular weight is 298 g/mol. The largest absolute Gasteiger partial charge is 0.480 e. The third kappa shape index (κ3) is 6.09. The number of carbonyl (C=O) groups excluding carboxylic acids is 2. The van der Waals surface area contributed by atoms with E-state index in [-0.39, 0.29) is 25.0 Å². The van der Waals surface area contributed by atoms with Crippen molar-refractivity contribution in [2.75, 3.05) is 39.3 Å². The number of nitrogens with zero attached hydrogens (tertiary/aromatic N) is 2. The molecule has 3 amide bonds. The molecule has 1 saturated heterocycles. The van der Waals surface area contributed by atoms with Crippen LogP contribution in [0.2, 0.25) is 0 Å². The lowest BCUT2D eigenvalue weighted by atomic mass is 10.3. The number of urea groups is 1. The molecule has 3 N–H and O–H groups in total.